The zero-order valence-corrected chi connectivity index (χ0v) is 7.92. The molecular formula is C10H8F2O3. The summed E-state index contributed by atoms with van der Waals surface area (Å²) in [4.78, 5) is 21.7. The van der Waals surface area contributed by atoms with Crippen LogP contribution in [-0.2, 0) is 4.74 Å². The molecule has 0 aromatic heterocycles. The number of carbonyl (C=O) groups is 2. The van der Waals surface area contributed by atoms with Crippen molar-refractivity contribution in [2.24, 2.45) is 0 Å². The van der Waals surface area contributed by atoms with Gasteiger partial charge in [-0.05, 0) is 13.0 Å². The van der Waals surface area contributed by atoms with Gasteiger partial charge in [-0.15, -0.1) is 0 Å². The van der Waals surface area contributed by atoms with Crippen molar-refractivity contribution < 1.29 is 23.1 Å². The van der Waals surface area contributed by atoms with Crippen molar-refractivity contribution in [1.82, 2.24) is 0 Å². The maximum atomic E-state index is 13.2. The average molecular weight is 214 g/mol. The highest BCUT2D eigenvalue weighted by molar-refractivity contribution is 5.98. The fourth-order valence-corrected chi connectivity index (χ4v) is 1.11. The lowest BCUT2D eigenvalue weighted by molar-refractivity contribution is 0.0518. The van der Waals surface area contributed by atoms with Gasteiger partial charge in [0.25, 0.3) is 0 Å². The lowest BCUT2D eigenvalue weighted by Gasteiger charge is -2.05. The Bertz CT molecular complexity index is 402. The van der Waals surface area contributed by atoms with Crippen LogP contribution in [-0.4, -0.2) is 18.9 Å². The van der Waals surface area contributed by atoms with E-state index in [-0.39, 0.29) is 18.5 Å². The maximum Gasteiger partial charge on any atom is 0.341 e. The van der Waals surface area contributed by atoms with Crippen molar-refractivity contribution in [3.05, 3.63) is 34.9 Å². The molecule has 15 heavy (non-hydrogen) atoms. The summed E-state index contributed by atoms with van der Waals surface area (Å²) in [6, 6.07) is 1.31. The summed E-state index contributed by atoms with van der Waals surface area (Å²) in [7, 11) is 0. The van der Waals surface area contributed by atoms with Crippen molar-refractivity contribution in [2.75, 3.05) is 6.61 Å². The molecule has 1 aromatic carbocycles. The number of carbonyl (C=O) groups excluding carboxylic acids is 2. The molecule has 80 valence electrons. The molecule has 5 heteroatoms. The van der Waals surface area contributed by atoms with Crippen LogP contribution < -0.4 is 0 Å². The lowest BCUT2D eigenvalue weighted by Crippen LogP contribution is -2.11. The van der Waals surface area contributed by atoms with Crippen LogP contribution in [0.15, 0.2) is 12.1 Å². The number of halogens is 2. The molecule has 0 fully saturated rings. The number of benzene rings is 1. The minimum atomic E-state index is -1.10. The molecule has 0 aliphatic rings. The van der Waals surface area contributed by atoms with E-state index < -0.39 is 23.2 Å². The standard InChI is InChI=1S/C10H8F2O3/c1-2-15-10(14)9-6(5-13)3-7(11)4-8(9)12/h3-5H,2H2,1H3. The number of esters is 1. The molecule has 0 aliphatic heterocycles. The van der Waals surface area contributed by atoms with E-state index in [0.29, 0.717) is 6.07 Å². The molecule has 0 amide bonds. The fraction of sp³-hybridized carbons (Fsp3) is 0.200. The zero-order chi connectivity index (χ0) is 11.4. The van der Waals surface area contributed by atoms with Gasteiger partial charge in [-0.2, -0.15) is 0 Å². The number of hydrogen-bond donors (Lipinski definition) is 0. The van der Waals surface area contributed by atoms with E-state index in [9.17, 15) is 18.4 Å². The zero-order valence-electron chi connectivity index (χ0n) is 7.92. The monoisotopic (exact) mass is 214 g/mol. The first-order valence-corrected chi connectivity index (χ1v) is 4.21. The normalized spacial score (nSPS) is 9.80. The van der Waals surface area contributed by atoms with E-state index in [1.165, 1.54) is 0 Å². The van der Waals surface area contributed by atoms with Gasteiger partial charge in [0.05, 0.1) is 6.61 Å². The lowest BCUT2D eigenvalue weighted by atomic mass is 10.1. The van der Waals surface area contributed by atoms with Gasteiger partial charge in [-0.25, -0.2) is 13.6 Å². The smallest absolute Gasteiger partial charge is 0.341 e. The Morgan fingerprint density at radius 2 is 2.13 bits per heavy atom. The first-order chi connectivity index (χ1) is 7.10. The maximum absolute atomic E-state index is 13.2. The van der Waals surface area contributed by atoms with Crippen LogP contribution in [0.5, 0.6) is 0 Å². The number of ether oxygens (including phenoxy) is 1. The molecule has 0 unspecified atom stereocenters. The summed E-state index contributed by atoms with van der Waals surface area (Å²) in [5.41, 5.74) is -0.890. The van der Waals surface area contributed by atoms with Gasteiger partial charge < -0.3 is 4.74 Å². The molecule has 0 heterocycles. The Morgan fingerprint density at radius 1 is 1.47 bits per heavy atom. The topological polar surface area (TPSA) is 43.4 Å². The van der Waals surface area contributed by atoms with E-state index in [2.05, 4.69) is 4.74 Å². The van der Waals surface area contributed by atoms with Crippen LogP contribution in [0.3, 0.4) is 0 Å². The van der Waals surface area contributed by atoms with E-state index >= 15 is 0 Å². The van der Waals surface area contributed by atoms with Gasteiger partial charge >= 0.3 is 5.97 Å². The van der Waals surface area contributed by atoms with Crippen molar-refractivity contribution in [3.8, 4) is 0 Å². The predicted octanol–water partition coefficient (Wildman–Crippen LogP) is 1.95. The van der Waals surface area contributed by atoms with Gasteiger partial charge in [0.1, 0.15) is 17.2 Å². The van der Waals surface area contributed by atoms with E-state index in [0.717, 1.165) is 6.07 Å². The third-order valence-corrected chi connectivity index (χ3v) is 1.69. The Morgan fingerprint density at radius 3 is 2.67 bits per heavy atom. The summed E-state index contributed by atoms with van der Waals surface area (Å²) in [6.45, 7) is 1.59. The minimum absolute atomic E-state index is 0.0496. The Kier molecular flexibility index (Phi) is 3.49. The number of aldehydes is 1. The largest absolute Gasteiger partial charge is 0.462 e. The number of hydrogen-bond acceptors (Lipinski definition) is 3. The fourth-order valence-electron chi connectivity index (χ4n) is 1.11. The second kappa shape index (κ2) is 4.63. The first kappa shape index (κ1) is 11.3. The van der Waals surface area contributed by atoms with Crippen molar-refractivity contribution >= 4 is 12.3 Å². The van der Waals surface area contributed by atoms with Gasteiger partial charge in [-0.1, -0.05) is 0 Å². The van der Waals surface area contributed by atoms with Crippen molar-refractivity contribution in [1.29, 1.82) is 0 Å². The second-order valence-corrected chi connectivity index (χ2v) is 2.69. The summed E-state index contributed by atoms with van der Waals surface area (Å²) < 4.78 is 30.4. The van der Waals surface area contributed by atoms with E-state index in [1.54, 1.807) is 6.92 Å². The molecule has 0 spiro atoms. The molecule has 3 nitrogen and oxygen atoms in total. The highest BCUT2D eigenvalue weighted by Crippen LogP contribution is 2.15. The summed E-state index contributed by atoms with van der Waals surface area (Å²) >= 11 is 0. The molecule has 0 aliphatic carbocycles. The SMILES string of the molecule is CCOC(=O)c1c(F)cc(F)cc1C=O. The second-order valence-electron chi connectivity index (χ2n) is 2.69. The van der Waals surface area contributed by atoms with Gasteiger partial charge in [0.2, 0.25) is 0 Å². The van der Waals surface area contributed by atoms with E-state index in [4.69, 9.17) is 0 Å². The van der Waals surface area contributed by atoms with Crippen LogP contribution in [0.4, 0.5) is 8.78 Å². The van der Waals surface area contributed by atoms with Crippen LogP contribution in [0, 0.1) is 11.6 Å². The quantitative estimate of drug-likeness (QED) is 0.570. The third kappa shape index (κ3) is 2.37. The van der Waals surface area contributed by atoms with Crippen molar-refractivity contribution in [2.45, 2.75) is 6.92 Å². The van der Waals surface area contributed by atoms with Crippen LogP contribution in [0.25, 0.3) is 0 Å². The Hall–Kier alpha value is -1.78. The summed E-state index contributed by atoms with van der Waals surface area (Å²) in [5.74, 6) is -2.99. The molecule has 0 radical (unpaired) electrons. The predicted molar refractivity (Wildman–Crippen MR) is 47.7 cm³/mol. The average Bonchev–Trinajstić information content (AvgIpc) is 2.16. The van der Waals surface area contributed by atoms with Crippen molar-refractivity contribution in [3.63, 3.8) is 0 Å². The van der Waals surface area contributed by atoms with Gasteiger partial charge in [-0.3, -0.25) is 4.79 Å². The Balaban J connectivity index is 3.26. The van der Waals surface area contributed by atoms with E-state index in [1.807, 2.05) is 0 Å². The third-order valence-electron chi connectivity index (χ3n) is 1.69. The van der Waals surface area contributed by atoms with Crippen LogP contribution in [0.2, 0.25) is 0 Å². The minimum Gasteiger partial charge on any atom is -0.462 e. The molecular weight excluding hydrogens is 206 g/mol. The molecule has 0 bridgehead atoms. The molecule has 0 N–H and O–H groups in total. The molecule has 0 atom stereocenters. The molecule has 0 saturated heterocycles. The number of rotatable bonds is 3. The first-order valence-electron chi connectivity index (χ1n) is 4.21. The Labute approximate surface area is 84.7 Å². The molecule has 1 aromatic rings. The van der Waals surface area contributed by atoms with Crippen LogP contribution >= 0.6 is 0 Å². The highest BCUT2D eigenvalue weighted by atomic mass is 19.1. The van der Waals surface area contributed by atoms with Crippen LogP contribution in [0.1, 0.15) is 27.6 Å². The summed E-state index contributed by atoms with van der Waals surface area (Å²) in [6.07, 6.45) is 0.207. The van der Waals surface area contributed by atoms with Gasteiger partial charge in [0.15, 0.2) is 6.29 Å². The molecule has 0 saturated carbocycles. The highest BCUT2D eigenvalue weighted by Gasteiger charge is 2.19. The summed E-state index contributed by atoms with van der Waals surface area (Å²) in [5, 5.41) is 0. The van der Waals surface area contributed by atoms with Gasteiger partial charge in [0, 0.05) is 11.6 Å². The molecule has 1 rings (SSSR count).